The largest absolute Gasteiger partial charge is 0.393 e. The first-order valence-corrected chi connectivity index (χ1v) is 4.23. The number of hydrogen-bond acceptors (Lipinski definition) is 4. The van der Waals surface area contributed by atoms with Crippen molar-refractivity contribution in [3.05, 3.63) is 38.9 Å². The van der Waals surface area contributed by atoms with Crippen molar-refractivity contribution in [1.82, 2.24) is 0 Å². The number of nitrogens with two attached hydrogens (primary N) is 1. The summed E-state index contributed by atoms with van der Waals surface area (Å²) < 4.78 is 0. The molecule has 0 aliphatic carbocycles. The summed E-state index contributed by atoms with van der Waals surface area (Å²) in [5, 5.41) is 19.1. The van der Waals surface area contributed by atoms with E-state index >= 15 is 0 Å². The van der Waals surface area contributed by atoms with Crippen LogP contribution in [0.1, 0.15) is 5.56 Å². The summed E-state index contributed by atoms with van der Waals surface area (Å²) in [4.78, 5) is 9.96. The van der Waals surface area contributed by atoms with E-state index in [1.165, 1.54) is 24.3 Å². The van der Waals surface area contributed by atoms with Crippen LogP contribution in [0.2, 0.25) is 5.02 Å². The zero-order valence-electron chi connectivity index (χ0n) is 7.48. The van der Waals surface area contributed by atoms with Gasteiger partial charge in [-0.2, -0.15) is 5.26 Å². The van der Waals surface area contributed by atoms with Gasteiger partial charge >= 0.3 is 0 Å². The number of nitrogen functional groups attached to an aromatic ring is 1. The molecule has 0 aliphatic heterocycles. The van der Waals surface area contributed by atoms with Crippen molar-refractivity contribution in [2.45, 2.75) is 0 Å². The quantitative estimate of drug-likeness (QED) is 0.360. The van der Waals surface area contributed by atoms with Crippen molar-refractivity contribution in [1.29, 1.82) is 5.26 Å². The molecule has 0 unspecified atom stereocenters. The molecule has 2 N–H and O–H groups in total. The molecule has 0 fully saturated rings. The molecule has 0 saturated carbocycles. The van der Waals surface area contributed by atoms with E-state index in [1.54, 1.807) is 6.07 Å². The molecular formula is C9H6ClN3O2. The van der Waals surface area contributed by atoms with Gasteiger partial charge in [-0.3, -0.25) is 10.1 Å². The van der Waals surface area contributed by atoms with Gasteiger partial charge in [0.05, 0.1) is 11.0 Å². The van der Waals surface area contributed by atoms with Crippen LogP contribution in [0.15, 0.2) is 18.2 Å². The van der Waals surface area contributed by atoms with Gasteiger partial charge in [-0.15, -0.1) is 0 Å². The Hall–Kier alpha value is -2.06. The normalized spacial score (nSPS) is 10.1. The minimum atomic E-state index is -0.620. The molecule has 1 aromatic rings. The van der Waals surface area contributed by atoms with Gasteiger partial charge in [0, 0.05) is 22.7 Å². The predicted octanol–water partition coefficient (Wildman–Crippen LogP) is 2.37. The number of hydrogen-bond donors (Lipinski definition) is 1. The second-order valence-corrected chi connectivity index (χ2v) is 3.08. The minimum Gasteiger partial charge on any atom is -0.393 e. The lowest BCUT2D eigenvalue weighted by molar-refractivity contribution is -0.383. The lowest BCUT2D eigenvalue weighted by Gasteiger charge is -2.02. The number of nitrogens with zero attached hydrogens (tertiary/aromatic N) is 2. The van der Waals surface area contributed by atoms with Crippen LogP contribution in [0.3, 0.4) is 0 Å². The van der Waals surface area contributed by atoms with E-state index in [-0.39, 0.29) is 16.4 Å². The molecule has 1 aromatic carbocycles. The second-order valence-electron chi connectivity index (χ2n) is 2.65. The Labute approximate surface area is 90.5 Å². The summed E-state index contributed by atoms with van der Waals surface area (Å²) >= 11 is 5.67. The van der Waals surface area contributed by atoms with E-state index in [2.05, 4.69) is 0 Å². The topological polar surface area (TPSA) is 92.9 Å². The van der Waals surface area contributed by atoms with Crippen LogP contribution in [0.4, 0.5) is 11.4 Å². The molecule has 0 amide bonds. The van der Waals surface area contributed by atoms with Gasteiger partial charge in [0.1, 0.15) is 5.69 Å². The van der Waals surface area contributed by atoms with Crippen molar-refractivity contribution < 1.29 is 4.92 Å². The fourth-order valence-electron chi connectivity index (χ4n) is 1.04. The zero-order chi connectivity index (χ0) is 11.4. The van der Waals surface area contributed by atoms with Crippen molar-refractivity contribution >= 4 is 29.1 Å². The maximum Gasteiger partial charge on any atom is 0.294 e. The summed E-state index contributed by atoms with van der Waals surface area (Å²) in [7, 11) is 0. The number of allylic oxidation sites excluding steroid dienone is 1. The summed E-state index contributed by atoms with van der Waals surface area (Å²) in [6, 6.07) is 4.39. The first-order chi connectivity index (χ1) is 7.06. The highest BCUT2D eigenvalue weighted by Crippen LogP contribution is 2.30. The van der Waals surface area contributed by atoms with Crippen molar-refractivity contribution in [3.63, 3.8) is 0 Å². The third kappa shape index (κ3) is 2.45. The van der Waals surface area contributed by atoms with E-state index in [9.17, 15) is 10.1 Å². The van der Waals surface area contributed by atoms with Crippen LogP contribution in [-0.4, -0.2) is 4.92 Å². The molecule has 6 heteroatoms. The number of nitro benzene ring substituents is 1. The van der Waals surface area contributed by atoms with E-state index in [1.807, 2.05) is 0 Å². The molecule has 0 spiro atoms. The van der Waals surface area contributed by atoms with Crippen molar-refractivity contribution in [2.24, 2.45) is 0 Å². The summed E-state index contributed by atoms with van der Waals surface area (Å²) in [5.74, 6) is 0. The predicted molar refractivity (Wildman–Crippen MR) is 57.2 cm³/mol. The van der Waals surface area contributed by atoms with E-state index in [0.29, 0.717) is 5.56 Å². The fraction of sp³-hybridized carbons (Fsp3) is 0. The van der Waals surface area contributed by atoms with Crippen LogP contribution in [-0.2, 0) is 0 Å². The number of anilines is 1. The highest BCUT2D eigenvalue weighted by molar-refractivity contribution is 6.31. The molecule has 0 aromatic heterocycles. The Morgan fingerprint density at radius 3 is 2.80 bits per heavy atom. The number of nitriles is 1. The Bertz CT molecular complexity index is 477. The average molecular weight is 224 g/mol. The molecule has 0 radical (unpaired) electrons. The molecule has 0 heterocycles. The monoisotopic (exact) mass is 223 g/mol. The Kier molecular flexibility index (Phi) is 3.26. The third-order valence-electron chi connectivity index (χ3n) is 1.69. The number of nitro groups is 1. The van der Waals surface area contributed by atoms with Crippen LogP contribution in [0.25, 0.3) is 6.08 Å². The Balaban J connectivity index is 3.36. The third-order valence-corrected chi connectivity index (χ3v) is 1.91. The molecule has 0 bridgehead atoms. The van der Waals surface area contributed by atoms with E-state index in [0.717, 1.165) is 0 Å². The van der Waals surface area contributed by atoms with Crippen LogP contribution in [0.5, 0.6) is 0 Å². The molecule has 1 rings (SSSR count). The zero-order valence-corrected chi connectivity index (χ0v) is 8.23. The maximum atomic E-state index is 10.6. The molecule has 76 valence electrons. The summed E-state index contributed by atoms with van der Waals surface area (Å²) in [6.45, 7) is 0. The van der Waals surface area contributed by atoms with Gasteiger partial charge < -0.3 is 5.73 Å². The molecule has 0 aliphatic rings. The van der Waals surface area contributed by atoms with Crippen molar-refractivity contribution in [3.8, 4) is 6.07 Å². The van der Waals surface area contributed by atoms with Gasteiger partial charge in [0.25, 0.3) is 5.69 Å². The van der Waals surface area contributed by atoms with Gasteiger partial charge in [0.2, 0.25) is 0 Å². The van der Waals surface area contributed by atoms with Crippen LogP contribution < -0.4 is 5.73 Å². The lowest BCUT2D eigenvalue weighted by atomic mass is 10.1. The maximum absolute atomic E-state index is 10.6. The molecule has 5 nitrogen and oxygen atoms in total. The highest BCUT2D eigenvalue weighted by atomic mass is 35.5. The first kappa shape index (κ1) is 11.0. The number of rotatable bonds is 2. The van der Waals surface area contributed by atoms with E-state index in [4.69, 9.17) is 22.6 Å². The second kappa shape index (κ2) is 4.44. The highest BCUT2D eigenvalue weighted by Gasteiger charge is 2.15. The molecule has 0 atom stereocenters. The lowest BCUT2D eigenvalue weighted by Crippen LogP contribution is -1.97. The van der Waals surface area contributed by atoms with Gasteiger partial charge in [0.15, 0.2) is 0 Å². The number of benzene rings is 1. The average Bonchev–Trinajstić information content (AvgIpc) is 2.18. The Morgan fingerprint density at radius 1 is 1.60 bits per heavy atom. The van der Waals surface area contributed by atoms with Crippen LogP contribution in [0, 0.1) is 21.4 Å². The van der Waals surface area contributed by atoms with Gasteiger partial charge in [-0.05, 0) is 12.1 Å². The Morgan fingerprint density at radius 2 is 2.27 bits per heavy atom. The molecule has 0 saturated heterocycles. The first-order valence-electron chi connectivity index (χ1n) is 3.86. The standard InChI is InChI=1S/C9H6ClN3O2/c10-7-4-6(2-1-3-11)9(12)8(5-7)13(14)15/h1-2,4-5H,12H2. The van der Waals surface area contributed by atoms with Crippen LogP contribution >= 0.6 is 11.6 Å². The fourth-order valence-corrected chi connectivity index (χ4v) is 1.26. The minimum absolute atomic E-state index is 0.00380. The smallest absolute Gasteiger partial charge is 0.294 e. The SMILES string of the molecule is N#CC=Cc1cc(Cl)cc([N+](=O)[O-])c1N. The summed E-state index contributed by atoms with van der Waals surface area (Å²) in [6.07, 6.45) is 2.54. The van der Waals surface area contributed by atoms with Crippen molar-refractivity contribution in [2.75, 3.05) is 5.73 Å². The molecular weight excluding hydrogens is 218 g/mol. The number of halogens is 1. The summed E-state index contributed by atoms with van der Waals surface area (Å²) in [5.41, 5.74) is 5.62. The van der Waals surface area contributed by atoms with Gasteiger partial charge in [-0.1, -0.05) is 11.6 Å². The molecule has 15 heavy (non-hydrogen) atoms. The van der Waals surface area contributed by atoms with Gasteiger partial charge in [-0.25, -0.2) is 0 Å². The van der Waals surface area contributed by atoms with E-state index < -0.39 is 4.92 Å².